The largest absolute Gasteiger partial charge is 0.480 e. The molecule has 6 nitrogen and oxygen atoms in total. The molecule has 1 aliphatic rings. The van der Waals surface area contributed by atoms with E-state index in [1.165, 1.54) is 31.2 Å². The second kappa shape index (κ2) is 5.39. The summed E-state index contributed by atoms with van der Waals surface area (Å²) in [5.41, 5.74) is -2.15. The van der Waals surface area contributed by atoms with Crippen LogP contribution in [0.4, 0.5) is 13.2 Å². The molecule has 0 saturated heterocycles. The Morgan fingerprint density at radius 2 is 1.82 bits per heavy atom. The molecule has 0 spiro atoms. The summed E-state index contributed by atoms with van der Waals surface area (Å²) < 4.78 is 38.5. The Morgan fingerprint density at radius 3 is 2.18 bits per heavy atom. The predicted octanol–water partition coefficient (Wildman–Crippen LogP) is 2.00. The molecule has 1 heterocycles. The molecule has 1 amide bonds. The van der Waals surface area contributed by atoms with Crippen molar-refractivity contribution in [3.05, 3.63) is 35.4 Å². The van der Waals surface area contributed by atoms with Crippen LogP contribution in [-0.4, -0.2) is 29.2 Å². The lowest BCUT2D eigenvalue weighted by Gasteiger charge is -2.16. The molecule has 118 valence electrons. The van der Waals surface area contributed by atoms with E-state index in [9.17, 15) is 22.8 Å². The summed E-state index contributed by atoms with van der Waals surface area (Å²) >= 11 is 0. The minimum atomic E-state index is -4.60. The van der Waals surface area contributed by atoms with Gasteiger partial charge < -0.3 is 10.4 Å². The van der Waals surface area contributed by atoms with Crippen molar-refractivity contribution in [3.63, 3.8) is 0 Å². The van der Waals surface area contributed by atoms with E-state index in [2.05, 4.69) is 15.5 Å². The van der Waals surface area contributed by atoms with Gasteiger partial charge in [-0.2, -0.15) is 13.2 Å². The number of nitrogens with one attached hydrogen (secondary N) is 1. The first kappa shape index (κ1) is 15.9. The van der Waals surface area contributed by atoms with Gasteiger partial charge in [0.1, 0.15) is 6.04 Å². The molecule has 2 rings (SSSR count). The molecular formula is C13H12F3N3O3. The van der Waals surface area contributed by atoms with E-state index in [1.54, 1.807) is 0 Å². The van der Waals surface area contributed by atoms with Gasteiger partial charge in [-0.3, -0.25) is 4.79 Å². The summed E-state index contributed by atoms with van der Waals surface area (Å²) in [5, 5.41) is 17.4. The highest BCUT2D eigenvalue weighted by molar-refractivity contribution is 5.82. The van der Waals surface area contributed by atoms with Gasteiger partial charge in [0.25, 0.3) is 0 Å². The Kier molecular flexibility index (Phi) is 3.90. The molecule has 1 aromatic rings. The van der Waals surface area contributed by atoms with Crippen molar-refractivity contribution >= 4 is 11.9 Å². The summed E-state index contributed by atoms with van der Waals surface area (Å²) in [4.78, 5) is 21.9. The number of carboxylic acid groups (broad SMARTS) is 1. The molecule has 22 heavy (non-hydrogen) atoms. The van der Waals surface area contributed by atoms with Crippen LogP contribution in [0.2, 0.25) is 0 Å². The first-order valence-electron chi connectivity index (χ1n) is 6.26. The number of carbonyl (C=O) groups excluding carboxylic acids is 1. The van der Waals surface area contributed by atoms with Gasteiger partial charge in [0.15, 0.2) is 0 Å². The highest BCUT2D eigenvalue weighted by Gasteiger charge is 2.65. The van der Waals surface area contributed by atoms with E-state index in [1.807, 2.05) is 0 Å². The lowest BCUT2D eigenvalue weighted by molar-refractivity contribution is -0.166. The maximum Gasteiger partial charge on any atom is 0.442 e. The summed E-state index contributed by atoms with van der Waals surface area (Å²) in [6.07, 6.45) is -4.64. The van der Waals surface area contributed by atoms with Crippen LogP contribution < -0.4 is 5.32 Å². The quantitative estimate of drug-likeness (QED) is 0.870. The van der Waals surface area contributed by atoms with Gasteiger partial charge >= 0.3 is 17.8 Å². The molecule has 0 saturated carbocycles. The van der Waals surface area contributed by atoms with Crippen molar-refractivity contribution in [2.24, 2.45) is 10.2 Å². The van der Waals surface area contributed by atoms with Crippen molar-refractivity contribution in [3.8, 4) is 0 Å². The third-order valence-electron chi connectivity index (χ3n) is 3.17. The minimum absolute atomic E-state index is 0.0392. The van der Waals surface area contributed by atoms with E-state index in [-0.39, 0.29) is 12.0 Å². The molecule has 0 fully saturated rings. The molecule has 0 bridgehead atoms. The summed E-state index contributed by atoms with van der Waals surface area (Å²) in [6.45, 7) is 1.18. The Hall–Kier alpha value is -2.45. The molecule has 0 aliphatic carbocycles. The zero-order valence-electron chi connectivity index (χ0n) is 11.4. The van der Waals surface area contributed by atoms with Gasteiger partial charge in [-0.25, -0.2) is 4.79 Å². The average Bonchev–Trinajstić information content (AvgIpc) is 3.19. The fraction of sp³-hybridized carbons (Fsp3) is 0.385. The minimum Gasteiger partial charge on any atom is -0.480 e. The zero-order valence-corrected chi connectivity index (χ0v) is 11.4. The summed E-state index contributed by atoms with van der Waals surface area (Å²) in [7, 11) is 0. The maximum atomic E-state index is 12.8. The van der Waals surface area contributed by atoms with Crippen molar-refractivity contribution in [2.45, 2.75) is 31.2 Å². The average molecular weight is 315 g/mol. The molecule has 1 atom stereocenters. The summed E-state index contributed by atoms with van der Waals surface area (Å²) in [6, 6.07) is 3.99. The number of carbonyl (C=O) groups is 2. The van der Waals surface area contributed by atoms with Crippen molar-refractivity contribution in [1.29, 1.82) is 0 Å². The Morgan fingerprint density at radius 1 is 1.27 bits per heavy atom. The smallest absolute Gasteiger partial charge is 0.442 e. The van der Waals surface area contributed by atoms with Gasteiger partial charge in [-0.1, -0.05) is 24.3 Å². The zero-order chi connectivity index (χ0) is 16.5. The van der Waals surface area contributed by atoms with Crippen molar-refractivity contribution in [2.75, 3.05) is 0 Å². The Balaban J connectivity index is 2.12. The van der Waals surface area contributed by atoms with E-state index in [0.29, 0.717) is 5.56 Å². The number of nitrogens with zero attached hydrogens (tertiary/aromatic N) is 2. The standard InChI is InChI=1S/C13H12F3N3O3/c1-7(20)17-10(11(21)22)6-8-2-4-9(5-3-8)12(18-19-12)13(14,15)16/h2-5,10H,6H2,1H3,(H,17,20)(H,21,22). The van der Waals surface area contributed by atoms with E-state index in [4.69, 9.17) is 5.11 Å². The number of alkyl halides is 3. The maximum absolute atomic E-state index is 12.8. The number of benzene rings is 1. The molecule has 0 aromatic heterocycles. The Bertz CT molecular complexity index is 620. The van der Waals surface area contributed by atoms with Crippen LogP contribution in [0.25, 0.3) is 0 Å². The van der Waals surface area contributed by atoms with Gasteiger partial charge in [0.2, 0.25) is 5.91 Å². The monoisotopic (exact) mass is 315 g/mol. The molecule has 0 radical (unpaired) electrons. The SMILES string of the molecule is CC(=O)NC(Cc1ccc(C2(C(F)(F)F)N=N2)cc1)C(=O)O. The van der Waals surface area contributed by atoms with Crippen LogP contribution in [0, 0.1) is 0 Å². The summed E-state index contributed by atoms with van der Waals surface area (Å²) in [5.74, 6) is -1.73. The first-order chi connectivity index (χ1) is 10.2. The highest BCUT2D eigenvalue weighted by atomic mass is 19.4. The van der Waals surface area contributed by atoms with Crippen LogP contribution in [0.15, 0.2) is 34.5 Å². The Labute approximate surface area is 123 Å². The number of hydrogen-bond acceptors (Lipinski definition) is 4. The number of hydrogen-bond donors (Lipinski definition) is 2. The van der Waals surface area contributed by atoms with Crippen molar-refractivity contribution in [1.82, 2.24) is 5.32 Å². The molecule has 2 N–H and O–H groups in total. The molecular weight excluding hydrogens is 303 g/mol. The number of amides is 1. The van der Waals surface area contributed by atoms with E-state index >= 15 is 0 Å². The first-order valence-corrected chi connectivity index (χ1v) is 6.26. The number of rotatable bonds is 5. The lowest BCUT2D eigenvalue weighted by atomic mass is 9.98. The fourth-order valence-corrected chi connectivity index (χ4v) is 2.00. The van der Waals surface area contributed by atoms with Crippen LogP contribution in [0.1, 0.15) is 18.1 Å². The molecule has 1 unspecified atom stereocenters. The number of carboxylic acids is 1. The highest BCUT2D eigenvalue weighted by Crippen LogP contribution is 2.52. The number of aliphatic carboxylic acids is 1. The second-order valence-corrected chi connectivity index (χ2v) is 4.86. The van der Waals surface area contributed by atoms with E-state index in [0.717, 1.165) is 0 Å². The topological polar surface area (TPSA) is 91.1 Å². The van der Waals surface area contributed by atoms with Crippen LogP contribution in [-0.2, 0) is 21.7 Å². The van der Waals surface area contributed by atoms with Gasteiger partial charge in [0, 0.05) is 18.9 Å². The van der Waals surface area contributed by atoms with Gasteiger partial charge in [-0.15, -0.1) is 10.2 Å². The fourth-order valence-electron chi connectivity index (χ4n) is 2.00. The van der Waals surface area contributed by atoms with Gasteiger partial charge in [-0.05, 0) is 5.56 Å². The second-order valence-electron chi connectivity index (χ2n) is 4.86. The normalized spacial score (nSPS) is 16.9. The number of halogens is 3. The third kappa shape index (κ3) is 3.07. The van der Waals surface area contributed by atoms with Crippen molar-refractivity contribution < 1.29 is 27.9 Å². The lowest BCUT2D eigenvalue weighted by Crippen LogP contribution is -2.41. The predicted molar refractivity (Wildman–Crippen MR) is 68.0 cm³/mol. The van der Waals surface area contributed by atoms with E-state index < -0.39 is 29.8 Å². The van der Waals surface area contributed by atoms with Crippen LogP contribution >= 0.6 is 0 Å². The molecule has 1 aliphatic heterocycles. The molecule has 9 heteroatoms. The van der Waals surface area contributed by atoms with Crippen LogP contribution in [0.5, 0.6) is 0 Å². The third-order valence-corrected chi connectivity index (χ3v) is 3.17. The van der Waals surface area contributed by atoms with Gasteiger partial charge in [0.05, 0.1) is 0 Å². The van der Waals surface area contributed by atoms with Crippen LogP contribution in [0.3, 0.4) is 0 Å². The molecule has 1 aromatic carbocycles.